The predicted molar refractivity (Wildman–Crippen MR) is 172 cm³/mol. The van der Waals surface area contributed by atoms with E-state index in [0.717, 1.165) is 25.7 Å². The van der Waals surface area contributed by atoms with E-state index >= 15 is 0 Å². The molecular formula is C29H58BN7O8. The number of aliphatic hydroxyl groups is 1. The molecule has 0 aliphatic heterocycles. The summed E-state index contributed by atoms with van der Waals surface area (Å²) in [5.41, 5.74) is 11.2. The van der Waals surface area contributed by atoms with Crippen LogP contribution in [0, 0.1) is 0 Å². The Hall–Kier alpha value is -2.79. The lowest BCUT2D eigenvalue weighted by Gasteiger charge is -2.26. The minimum Gasteiger partial charge on any atom is -0.426 e. The van der Waals surface area contributed by atoms with E-state index in [9.17, 15) is 39.1 Å². The first-order valence-electron chi connectivity index (χ1n) is 16.2. The number of rotatable bonds is 25. The molecule has 6 atom stereocenters. The molecule has 15 nitrogen and oxygen atoms in total. The third kappa shape index (κ3) is 18.7. The van der Waals surface area contributed by atoms with Gasteiger partial charge in [-0.3, -0.25) is 24.0 Å². The fourth-order valence-electron chi connectivity index (χ4n) is 4.43. The van der Waals surface area contributed by atoms with Gasteiger partial charge in [0.1, 0.15) is 24.2 Å². The lowest BCUT2D eigenvalue weighted by molar-refractivity contribution is -0.136. The maximum absolute atomic E-state index is 13.0. The van der Waals surface area contributed by atoms with Gasteiger partial charge in [0.25, 0.3) is 0 Å². The summed E-state index contributed by atoms with van der Waals surface area (Å²) in [6.45, 7) is 6.66. The van der Waals surface area contributed by atoms with Gasteiger partial charge in [0, 0.05) is 6.42 Å². The van der Waals surface area contributed by atoms with Gasteiger partial charge in [-0.15, -0.1) is 0 Å². The van der Waals surface area contributed by atoms with Crippen LogP contribution in [-0.4, -0.2) is 101 Å². The molecule has 0 saturated heterocycles. The van der Waals surface area contributed by atoms with Gasteiger partial charge in [-0.2, -0.15) is 0 Å². The Kier molecular flexibility index (Phi) is 22.9. The second kappa shape index (κ2) is 24.4. The van der Waals surface area contributed by atoms with Gasteiger partial charge in [0.05, 0.1) is 12.0 Å². The zero-order valence-corrected chi connectivity index (χ0v) is 27.5. The molecule has 45 heavy (non-hydrogen) atoms. The predicted octanol–water partition coefficient (Wildman–Crippen LogP) is -1.54. The van der Waals surface area contributed by atoms with E-state index in [4.69, 9.17) is 11.5 Å². The van der Waals surface area contributed by atoms with Crippen LogP contribution in [0.4, 0.5) is 0 Å². The van der Waals surface area contributed by atoms with Gasteiger partial charge < -0.3 is 53.2 Å². The number of aliphatic hydroxyl groups excluding tert-OH is 1. The molecule has 0 aliphatic carbocycles. The standard InChI is InChI=1S/C29H58BN7O8/c1-5-6-7-8-9-10-11-15-24(39)35-23(16-18-32)28(42)37-25(20(3)38)29(43)33-19(2)26(40)36-22(14-12-13-17-31)27(41)34-21(4)30(44)45/h19-23,25,38,44-45H,5-18,31-32H2,1-4H3,(H,33,43)(H,34,41)(H,35,39)(H,36,40)(H,37,42)/t19-,20+,21-,22-,23-,25-/m0/s1. The Morgan fingerprint density at radius 3 is 1.78 bits per heavy atom. The molecule has 0 aromatic heterocycles. The van der Waals surface area contributed by atoms with Crippen LogP contribution in [0.25, 0.3) is 0 Å². The maximum atomic E-state index is 13.0. The third-order valence-electron chi connectivity index (χ3n) is 7.33. The normalized spacial score (nSPS) is 15.0. The van der Waals surface area contributed by atoms with Gasteiger partial charge in [0.2, 0.25) is 29.5 Å². The van der Waals surface area contributed by atoms with Crippen molar-refractivity contribution in [2.45, 2.75) is 141 Å². The highest BCUT2D eigenvalue weighted by atomic mass is 16.4. The van der Waals surface area contributed by atoms with E-state index in [0.29, 0.717) is 25.8 Å². The SMILES string of the molecule is CCCCCCCCCC(=O)N[C@@H](CCN)C(=O)N[C@H](C(=O)N[C@@H](C)C(=O)N[C@@H](CCCCN)C(=O)N[C@@H](C)B(O)O)[C@@H](C)O. The Morgan fingerprint density at radius 2 is 1.22 bits per heavy atom. The molecule has 5 amide bonds. The summed E-state index contributed by atoms with van der Waals surface area (Å²) >= 11 is 0. The lowest BCUT2D eigenvalue weighted by atomic mass is 9.81. The quantitative estimate of drug-likeness (QED) is 0.0405. The minimum atomic E-state index is -1.80. The Bertz CT molecular complexity index is 897. The highest BCUT2D eigenvalue weighted by molar-refractivity contribution is 6.43. The molecule has 0 heterocycles. The highest BCUT2D eigenvalue weighted by Gasteiger charge is 2.32. The second-order valence-corrected chi connectivity index (χ2v) is 11.6. The van der Waals surface area contributed by atoms with Crippen molar-refractivity contribution in [3.63, 3.8) is 0 Å². The first-order valence-corrected chi connectivity index (χ1v) is 16.2. The number of nitrogens with two attached hydrogens (primary N) is 2. The Balaban J connectivity index is 5.21. The molecule has 0 aromatic carbocycles. The van der Waals surface area contributed by atoms with Crippen LogP contribution in [-0.2, 0) is 24.0 Å². The average Bonchev–Trinajstić information content (AvgIpc) is 2.98. The summed E-state index contributed by atoms with van der Waals surface area (Å²) in [4.78, 5) is 64.1. The molecule has 0 rings (SSSR count). The zero-order valence-electron chi connectivity index (χ0n) is 27.5. The van der Waals surface area contributed by atoms with Crippen LogP contribution in [0.5, 0.6) is 0 Å². The lowest BCUT2D eigenvalue weighted by Crippen LogP contribution is -2.60. The maximum Gasteiger partial charge on any atom is 0.475 e. The fraction of sp³-hybridized carbons (Fsp3) is 0.828. The summed E-state index contributed by atoms with van der Waals surface area (Å²) in [6, 6.07) is -4.69. The second-order valence-electron chi connectivity index (χ2n) is 11.6. The van der Waals surface area contributed by atoms with Crippen LogP contribution < -0.4 is 38.1 Å². The number of hydrogen-bond donors (Lipinski definition) is 10. The number of hydrogen-bond acceptors (Lipinski definition) is 10. The molecule has 0 aromatic rings. The van der Waals surface area contributed by atoms with Gasteiger partial charge >= 0.3 is 7.12 Å². The van der Waals surface area contributed by atoms with Crippen molar-refractivity contribution < 1.29 is 39.1 Å². The summed E-state index contributed by atoms with van der Waals surface area (Å²) in [7, 11) is -1.80. The summed E-state index contributed by atoms with van der Waals surface area (Å²) in [5.74, 6) is -4.23. The van der Waals surface area contributed by atoms with E-state index in [1.807, 2.05) is 0 Å². The van der Waals surface area contributed by atoms with Crippen LogP contribution in [0.3, 0.4) is 0 Å². The van der Waals surface area contributed by atoms with Crippen molar-refractivity contribution >= 4 is 36.7 Å². The van der Waals surface area contributed by atoms with Crippen molar-refractivity contribution in [2.75, 3.05) is 13.1 Å². The molecule has 0 spiro atoms. The van der Waals surface area contributed by atoms with Crippen LogP contribution in [0.2, 0.25) is 0 Å². The first-order chi connectivity index (χ1) is 21.3. The molecule has 0 fully saturated rings. The van der Waals surface area contributed by atoms with Crippen molar-refractivity contribution in [2.24, 2.45) is 11.5 Å². The largest absolute Gasteiger partial charge is 0.475 e. The van der Waals surface area contributed by atoms with E-state index in [1.54, 1.807) is 0 Å². The Morgan fingerprint density at radius 1 is 0.644 bits per heavy atom. The molecular weight excluding hydrogens is 585 g/mol. The van der Waals surface area contributed by atoms with Crippen LogP contribution in [0.1, 0.15) is 105 Å². The summed E-state index contributed by atoms with van der Waals surface area (Å²) < 4.78 is 0. The van der Waals surface area contributed by atoms with Crippen LogP contribution >= 0.6 is 0 Å². The van der Waals surface area contributed by atoms with E-state index in [2.05, 4.69) is 33.5 Å². The number of carbonyl (C=O) groups is 5. The van der Waals surface area contributed by atoms with Crippen molar-refractivity contribution in [3.05, 3.63) is 0 Å². The summed E-state index contributed by atoms with van der Waals surface area (Å²) in [5, 5.41) is 41.3. The van der Waals surface area contributed by atoms with Crippen molar-refractivity contribution in [3.8, 4) is 0 Å². The number of amides is 5. The molecule has 260 valence electrons. The smallest absolute Gasteiger partial charge is 0.426 e. The number of carbonyl (C=O) groups excluding carboxylic acids is 5. The minimum absolute atomic E-state index is 0.0919. The van der Waals surface area contributed by atoms with Crippen molar-refractivity contribution in [1.29, 1.82) is 0 Å². The molecule has 0 aliphatic rings. The molecule has 0 bridgehead atoms. The number of unbranched alkanes of at least 4 members (excludes halogenated alkanes) is 7. The highest BCUT2D eigenvalue weighted by Crippen LogP contribution is 2.09. The monoisotopic (exact) mass is 643 g/mol. The average molecular weight is 644 g/mol. The fourth-order valence-corrected chi connectivity index (χ4v) is 4.43. The van der Waals surface area contributed by atoms with Gasteiger partial charge in [-0.05, 0) is 66.0 Å². The summed E-state index contributed by atoms with van der Waals surface area (Å²) in [6.07, 6.45) is 7.59. The van der Waals surface area contributed by atoms with Gasteiger partial charge in [-0.1, -0.05) is 45.4 Å². The third-order valence-corrected chi connectivity index (χ3v) is 7.33. The van der Waals surface area contributed by atoms with Gasteiger partial charge in [0.15, 0.2) is 0 Å². The van der Waals surface area contributed by atoms with Gasteiger partial charge in [-0.25, -0.2) is 0 Å². The van der Waals surface area contributed by atoms with Crippen LogP contribution in [0.15, 0.2) is 0 Å². The number of nitrogens with one attached hydrogen (secondary N) is 5. The zero-order chi connectivity index (χ0) is 34.4. The molecule has 16 heteroatoms. The van der Waals surface area contributed by atoms with E-state index < -0.39 is 67.0 Å². The molecule has 12 N–H and O–H groups in total. The Labute approximate surface area is 267 Å². The molecule has 0 saturated carbocycles. The van der Waals surface area contributed by atoms with Crippen molar-refractivity contribution in [1.82, 2.24) is 26.6 Å². The van der Waals surface area contributed by atoms with E-state index in [1.165, 1.54) is 33.6 Å². The molecule has 0 unspecified atom stereocenters. The first kappa shape index (κ1) is 42.2. The topological polar surface area (TPSA) is 258 Å². The molecule has 0 radical (unpaired) electrons. The van der Waals surface area contributed by atoms with E-state index in [-0.39, 0.29) is 31.7 Å².